The quantitative estimate of drug-likeness (QED) is 0.675. The molecule has 2 heterocycles. The molecule has 106 valence electrons. The zero-order chi connectivity index (χ0) is 14.4. The minimum absolute atomic E-state index is 0.482. The van der Waals surface area contributed by atoms with Crippen LogP contribution in [-0.4, -0.2) is 18.7 Å². The molecule has 1 aromatic carbocycles. The number of anilines is 2. The van der Waals surface area contributed by atoms with Crippen molar-refractivity contribution in [2.45, 2.75) is 18.8 Å². The van der Waals surface area contributed by atoms with Gasteiger partial charge in [-0.3, -0.25) is 0 Å². The number of nitrogens with one attached hydrogen (secondary N) is 1. The van der Waals surface area contributed by atoms with Crippen LogP contribution in [0.25, 0.3) is 11.0 Å². The summed E-state index contributed by atoms with van der Waals surface area (Å²) in [5.74, 6) is 2.06. The highest BCUT2D eigenvalue weighted by Gasteiger charge is 2.27. The van der Waals surface area contributed by atoms with Crippen molar-refractivity contribution in [1.82, 2.24) is 18.7 Å². The fourth-order valence-electron chi connectivity index (χ4n) is 2.10. The van der Waals surface area contributed by atoms with Gasteiger partial charge in [0, 0.05) is 12.0 Å². The van der Waals surface area contributed by atoms with Crippen LogP contribution in [0.2, 0.25) is 5.02 Å². The molecular weight excluding hydrogens is 374 g/mol. The Kier molecular flexibility index (Phi) is 3.28. The van der Waals surface area contributed by atoms with Gasteiger partial charge in [-0.15, -0.1) is 0 Å². The van der Waals surface area contributed by atoms with Crippen LogP contribution in [0.3, 0.4) is 0 Å². The van der Waals surface area contributed by atoms with E-state index >= 15 is 0 Å². The Morgan fingerprint density at radius 2 is 2.10 bits per heavy atom. The van der Waals surface area contributed by atoms with Crippen molar-refractivity contribution in [3.8, 4) is 0 Å². The van der Waals surface area contributed by atoms with E-state index in [0.717, 1.165) is 40.0 Å². The lowest BCUT2D eigenvalue weighted by Gasteiger charge is -2.09. The molecule has 5 nitrogen and oxygen atoms in total. The molecule has 1 aliphatic carbocycles. The maximum Gasteiger partial charge on any atom is 0.135 e. The molecule has 2 aromatic heterocycles. The van der Waals surface area contributed by atoms with Crippen LogP contribution in [-0.2, 0) is 0 Å². The first kappa shape index (κ1) is 13.4. The molecule has 0 bridgehead atoms. The molecule has 1 aliphatic rings. The van der Waals surface area contributed by atoms with Crippen LogP contribution < -0.4 is 5.32 Å². The lowest BCUT2D eigenvalue weighted by molar-refractivity contribution is 0.919. The van der Waals surface area contributed by atoms with Gasteiger partial charge in [0.1, 0.15) is 27.3 Å². The Morgan fingerprint density at radius 1 is 1.24 bits per heavy atom. The summed E-state index contributed by atoms with van der Waals surface area (Å²) in [6, 6.07) is 5.50. The second-order valence-corrected chi connectivity index (χ2v) is 6.64. The number of hydrogen-bond donors (Lipinski definition) is 1. The van der Waals surface area contributed by atoms with Crippen LogP contribution in [0.5, 0.6) is 0 Å². The number of aromatic nitrogens is 4. The monoisotopic (exact) mass is 381 g/mol. The SMILES string of the molecule is Clc1ccc2nsnc2c1Nc1cc(Br)nc(C2CC2)n1. The van der Waals surface area contributed by atoms with Crippen molar-refractivity contribution < 1.29 is 0 Å². The van der Waals surface area contributed by atoms with Crippen molar-refractivity contribution in [2.75, 3.05) is 5.32 Å². The molecular formula is C13H9BrClN5S. The summed E-state index contributed by atoms with van der Waals surface area (Å²) < 4.78 is 9.29. The van der Waals surface area contributed by atoms with Gasteiger partial charge in [-0.25, -0.2) is 9.97 Å². The number of rotatable bonds is 3. The van der Waals surface area contributed by atoms with E-state index in [9.17, 15) is 0 Å². The van der Waals surface area contributed by atoms with Crippen molar-refractivity contribution in [1.29, 1.82) is 0 Å². The Bertz CT molecular complexity index is 833. The predicted molar refractivity (Wildman–Crippen MR) is 87.4 cm³/mol. The molecule has 1 fully saturated rings. The van der Waals surface area contributed by atoms with E-state index in [1.807, 2.05) is 18.2 Å². The highest BCUT2D eigenvalue weighted by Crippen LogP contribution is 2.39. The minimum Gasteiger partial charge on any atom is -0.337 e. The van der Waals surface area contributed by atoms with Crippen LogP contribution in [0.1, 0.15) is 24.6 Å². The predicted octanol–water partition coefficient (Wildman–Crippen LogP) is 4.52. The van der Waals surface area contributed by atoms with E-state index in [-0.39, 0.29) is 0 Å². The lowest BCUT2D eigenvalue weighted by atomic mass is 10.2. The normalized spacial score (nSPS) is 14.6. The van der Waals surface area contributed by atoms with Crippen LogP contribution in [0.4, 0.5) is 11.5 Å². The summed E-state index contributed by atoms with van der Waals surface area (Å²) in [7, 11) is 0. The fourth-order valence-corrected chi connectivity index (χ4v) is 3.24. The van der Waals surface area contributed by atoms with Crippen LogP contribution in [0, 0.1) is 0 Å². The molecule has 0 saturated heterocycles. The topological polar surface area (TPSA) is 63.6 Å². The number of hydrogen-bond acceptors (Lipinski definition) is 6. The molecule has 3 aromatic rings. The second kappa shape index (κ2) is 5.15. The first-order valence-corrected chi connectivity index (χ1v) is 8.33. The fraction of sp³-hybridized carbons (Fsp3) is 0.231. The van der Waals surface area contributed by atoms with Gasteiger partial charge < -0.3 is 5.32 Å². The van der Waals surface area contributed by atoms with E-state index in [4.69, 9.17) is 11.6 Å². The summed E-state index contributed by atoms with van der Waals surface area (Å²) in [4.78, 5) is 8.99. The average molecular weight is 383 g/mol. The zero-order valence-corrected chi connectivity index (χ0v) is 13.8. The largest absolute Gasteiger partial charge is 0.337 e. The van der Waals surface area contributed by atoms with Crippen LogP contribution in [0.15, 0.2) is 22.8 Å². The van der Waals surface area contributed by atoms with Crippen molar-refractivity contribution in [3.05, 3.63) is 33.6 Å². The van der Waals surface area contributed by atoms with Crippen LogP contribution >= 0.6 is 39.3 Å². The Morgan fingerprint density at radius 3 is 2.90 bits per heavy atom. The van der Waals surface area contributed by atoms with Crippen molar-refractivity contribution in [2.24, 2.45) is 0 Å². The molecule has 1 saturated carbocycles. The smallest absolute Gasteiger partial charge is 0.135 e. The van der Waals surface area contributed by atoms with Crippen molar-refractivity contribution in [3.63, 3.8) is 0 Å². The second-order valence-electron chi connectivity index (χ2n) is 4.89. The maximum absolute atomic E-state index is 6.28. The van der Waals surface area contributed by atoms with Gasteiger partial charge in [-0.05, 0) is 40.9 Å². The third-order valence-corrected chi connectivity index (χ3v) is 4.55. The third-order valence-electron chi connectivity index (χ3n) is 3.28. The first-order valence-electron chi connectivity index (χ1n) is 6.43. The molecule has 4 rings (SSSR count). The molecule has 1 N–H and O–H groups in total. The molecule has 0 unspecified atom stereocenters. The Labute approximate surface area is 138 Å². The molecule has 8 heteroatoms. The van der Waals surface area contributed by atoms with E-state index < -0.39 is 0 Å². The molecule has 0 radical (unpaired) electrons. The van der Waals surface area contributed by atoms with Gasteiger partial charge >= 0.3 is 0 Å². The summed E-state index contributed by atoms with van der Waals surface area (Å²) in [6.07, 6.45) is 2.31. The summed E-state index contributed by atoms with van der Waals surface area (Å²) in [5, 5.41) is 3.85. The zero-order valence-electron chi connectivity index (χ0n) is 10.7. The Hall–Kier alpha value is -1.31. The third kappa shape index (κ3) is 2.61. The summed E-state index contributed by atoms with van der Waals surface area (Å²) >= 11 is 10.9. The molecule has 0 atom stereocenters. The summed E-state index contributed by atoms with van der Waals surface area (Å²) in [6.45, 7) is 0. The highest BCUT2D eigenvalue weighted by atomic mass is 79.9. The standard InChI is InChI=1S/C13H9BrClN5S/c14-9-5-10(18-13(16-9)6-1-2-6)17-11-7(15)3-4-8-12(11)20-21-19-8/h3-6H,1-2H2,(H,16,17,18). The Balaban J connectivity index is 1.77. The first-order chi connectivity index (χ1) is 10.2. The van der Waals surface area contributed by atoms with Gasteiger partial charge in [0.05, 0.1) is 22.4 Å². The molecule has 0 aliphatic heterocycles. The number of nitrogens with zero attached hydrogens (tertiary/aromatic N) is 4. The average Bonchev–Trinajstić information content (AvgIpc) is 3.20. The molecule has 0 amide bonds. The van der Waals surface area contributed by atoms with E-state index in [1.54, 1.807) is 0 Å². The minimum atomic E-state index is 0.482. The van der Waals surface area contributed by atoms with Gasteiger partial charge in [-0.2, -0.15) is 8.75 Å². The number of halogens is 2. The van der Waals surface area contributed by atoms with Gasteiger partial charge in [-0.1, -0.05) is 11.6 Å². The van der Waals surface area contributed by atoms with Crippen molar-refractivity contribution >= 4 is 61.8 Å². The molecule has 0 spiro atoms. The van der Waals surface area contributed by atoms with E-state index in [2.05, 4.69) is 40.0 Å². The number of fused-ring (bicyclic) bond motifs is 1. The van der Waals surface area contributed by atoms with Gasteiger partial charge in [0.2, 0.25) is 0 Å². The highest BCUT2D eigenvalue weighted by molar-refractivity contribution is 9.10. The summed E-state index contributed by atoms with van der Waals surface area (Å²) in [5.41, 5.74) is 2.31. The van der Waals surface area contributed by atoms with E-state index in [0.29, 0.717) is 16.8 Å². The number of benzene rings is 1. The van der Waals surface area contributed by atoms with Gasteiger partial charge in [0.15, 0.2) is 0 Å². The van der Waals surface area contributed by atoms with E-state index in [1.165, 1.54) is 11.7 Å². The molecule has 21 heavy (non-hydrogen) atoms. The lowest BCUT2D eigenvalue weighted by Crippen LogP contribution is -2.00. The maximum atomic E-state index is 6.28. The van der Waals surface area contributed by atoms with Gasteiger partial charge in [0.25, 0.3) is 0 Å².